The van der Waals surface area contributed by atoms with E-state index in [1.807, 2.05) is 0 Å². The van der Waals surface area contributed by atoms with E-state index in [9.17, 15) is 0 Å². The lowest BCUT2D eigenvalue weighted by Crippen LogP contribution is -2.42. The molecule has 2 fully saturated rings. The van der Waals surface area contributed by atoms with Crippen molar-refractivity contribution in [3.05, 3.63) is 35.4 Å². The second-order valence-electron chi connectivity index (χ2n) is 7.36. The maximum absolute atomic E-state index is 6.27. The summed E-state index contributed by atoms with van der Waals surface area (Å²) in [5.41, 5.74) is 9.49. The highest BCUT2D eigenvalue weighted by atomic mass is 15.2. The fourth-order valence-electron chi connectivity index (χ4n) is 4.99. The van der Waals surface area contributed by atoms with Crippen LogP contribution < -0.4 is 5.73 Å². The van der Waals surface area contributed by atoms with Crippen LogP contribution in [0.5, 0.6) is 0 Å². The molecule has 2 heteroatoms. The highest BCUT2D eigenvalue weighted by molar-refractivity contribution is 5.31. The van der Waals surface area contributed by atoms with Crippen LogP contribution in [0.15, 0.2) is 24.3 Å². The molecule has 1 saturated heterocycles. The van der Waals surface area contributed by atoms with Gasteiger partial charge in [-0.05, 0) is 54.6 Å². The van der Waals surface area contributed by atoms with Gasteiger partial charge in [0.1, 0.15) is 0 Å². The van der Waals surface area contributed by atoms with Gasteiger partial charge in [0, 0.05) is 25.2 Å². The van der Waals surface area contributed by atoms with E-state index >= 15 is 0 Å². The molecule has 4 atom stereocenters. The average Bonchev–Trinajstić information content (AvgIpc) is 2.89. The third kappa shape index (κ3) is 2.01. The van der Waals surface area contributed by atoms with Crippen LogP contribution in [0.25, 0.3) is 0 Å². The fraction of sp³-hybridized carbons (Fsp3) is 0.667. The largest absolute Gasteiger partial charge is 0.326 e. The summed E-state index contributed by atoms with van der Waals surface area (Å²) in [4.78, 5) is 2.74. The lowest BCUT2D eigenvalue weighted by atomic mass is 9.94. The Morgan fingerprint density at radius 3 is 2.10 bits per heavy atom. The monoisotopic (exact) mass is 270 g/mol. The van der Waals surface area contributed by atoms with Crippen LogP contribution in [0, 0.1) is 17.8 Å². The van der Waals surface area contributed by atoms with Gasteiger partial charge in [-0.1, -0.05) is 31.2 Å². The summed E-state index contributed by atoms with van der Waals surface area (Å²) >= 11 is 0. The molecule has 1 saturated carbocycles. The van der Waals surface area contributed by atoms with Gasteiger partial charge in [0.25, 0.3) is 0 Å². The number of fused-ring (bicyclic) bond motifs is 3. The molecule has 0 amide bonds. The quantitative estimate of drug-likeness (QED) is 0.849. The zero-order valence-electron chi connectivity index (χ0n) is 12.5. The number of nitrogens with zero attached hydrogens (tertiary/aromatic N) is 1. The molecule has 0 spiro atoms. The van der Waals surface area contributed by atoms with Crippen molar-refractivity contribution in [3.63, 3.8) is 0 Å². The first-order valence-electron chi connectivity index (χ1n) is 8.29. The van der Waals surface area contributed by atoms with Crippen molar-refractivity contribution in [2.45, 2.75) is 44.7 Å². The van der Waals surface area contributed by atoms with Gasteiger partial charge in [-0.25, -0.2) is 0 Å². The summed E-state index contributed by atoms with van der Waals surface area (Å²) in [6, 6.07) is 10.3. The van der Waals surface area contributed by atoms with Gasteiger partial charge in [-0.15, -0.1) is 0 Å². The molecule has 0 radical (unpaired) electrons. The molecule has 1 aromatic rings. The van der Waals surface area contributed by atoms with Crippen molar-refractivity contribution in [2.24, 2.45) is 23.5 Å². The van der Waals surface area contributed by atoms with Crippen molar-refractivity contribution in [1.82, 2.24) is 4.90 Å². The van der Waals surface area contributed by atoms with Crippen LogP contribution in [-0.4, -0.2) is 30.1 Å². The maximum atomic E-state index is 6.27. The van der Waals surface area contributed by atoms with E-state index in [2.05, 4.69) is 36.1 Å². The van der Waals surface area contributed by atoms with Gasteiger partial charge in [0.2, 0.25) is 0 Å². The molecule has 1 aliphatic heterocycles. The molecule has 2 bridgehead atoms. The Bertz CT molecular complexity index is 455. The number of nitrogens with two attached hydrogens (primary N) is 1. The van der Waals surface area contributed by atoms with Crippen LogP contribution in [0.1, 0.15) is 30.9 Å². The normalized spacial score (nSPS) is 40.6. The van der Waals surface area contributed by atoms with Crippen LogP contribution in [-0.2, 0) is 12.8 Å². The molecule has 2 aliphatic carbocycles. The van der Waals surface area contributed by atoms with Crippen molar-refractivity contribution < 1.29 is 0 Å². The van der Waals surface area contributed by atoms with Gasteiger partial charge < -0.3 is 5.73 Å². The van der Waals surface area contributed by atoms with E-state index in [1.165, 1.54) is 32.2 Å². The molecule has 20 heavy (non-hydrogen) atoms. The SMILES string of the molecule is CC1CN(C2C3CCC2Cc2ccccc2C3)CC1N. The Kier molecular flexibility index (Phi) is 3.12. The highest BCUT2D eigenvalue weighted by Crippen LogP contribution is 2.43. The topological polar surface area (TPSA) is 29.3 Å². The van der Waals surface area contributed by atoms with Gasteiger partial charge in [-0.2, -0.15) is 0 Å². The van der Waals surface area contributed by atoms with Gasteiger partial charge in [-0.3, -0.25) is 4.90 Å². The average molecular weight is 270 g/mol. The number of benzene rings is 1. The van der Waals surface area contributed by atoms with Crippen molar-refractivity contribution in [1.29, 1.82) is 0 Å². The number of hydrogen-bond donors (Lipinski definition) is 1. The lowest BCUT2D eigenvalue weighted by molar-refractivity contribution is 0.154. The first-order valence-corrected chi connectivity index (χ1v) is 8.29. The van der Waals surface area contributed by atoms with E-state index in [4.69, 9.17) is 5.73 Å². The summed E-state index contributed by atoms with van der Waals surface area (Å²) in [6.45, 7) is 4.66. The summed E-state index contributed by atoms with van der Waals surface area (Å²) in [6.07, 6.45) is 5.42. The molecule has 1 heterocycles. The number of rotatable bonds is 1. The molecule has 2 N–H and O–H groups in total. The van der Waals surface area contributed by atoms with Gasteiger partial charge >= 0.3 is 0 Å². The van der Waals surface area contributed by atoms with E-state index < -0.39 is 0 Å². The molecule has 4 rings (SSSR count). The van der Waals surface area contributed by atoms with Crippen LogP contribution in [0.2, 0.25) is 0 Å². The Balaban J connectivity index is 1.61. The zero-order chi connectivity index (χ0) is 13.7. The second-order valence-corrected chi connectivity index (χ2v) is 7.36. The molecule has 3 aliphatic rings. The van der Waals surface area contributed by atoms with E-state index in [0.717, 1.165) is 24.4 Å². The molecular weight excluding hydrogens is 244 g/mol. The van der Waals surface area contributed by atoms with E-state index in [-0.39, 0.29) is 0 Å². The third-order valence-electron chi connectivity index (χ3n) is 6.08. The number of hydrogen-bond acceptors (Lipinski definition) is 2. The Labute approximate surface area is 122 Å². The minimum Gasteiger partial charge on any atom is -0.326 e. The smallest absolute Gasteiger partial charge is 0.0206 e. The van der Waals surface area contributed by atoms with Gasteiger partial charge in [0.15, 0.2) is 0 Å². The van der Waals surface area contributed by atoms with Crippen LogP contribution in [0.3, 0.4) is 0 Å². The first kappa shape index (κ1) is 12.8. The molecule has 4 unspecified atom stereocenters. The first-order chi connectivity index (χ1) is 9.72. The summed E-state index contributed by atoms with van der Waals surface area (Å²) in [7, 11) is 0. The highest BCUT2D eigenvalue weighted by Gasteiger charge is 2.44. The van der Waals surface area contributed by atoms with E-state index in [1.54, 1.807) is 11.1 Å². The minimum absolute atomic E-state index is 0.389. The van der Waals surface area contributed by atoms with Crippen molar-refractivity contribution in [3.8, 4) is 0 Å². The van der Waals surface area contributed by atoms with Crippen LogP contribution >= 0.6 is 0 Å². The second kappa shape index (κ2) is 4.85. The Morgan fingerprint density at radius 1 is 1.00 bits per heavy atom. The standard InChI is InChI=1S/C18H26N2/c1-12-10-20(11-17(12)19)18-15-6-7-16(18)9-14-5-3-2-4-13(14)8-15/h2-5,12,15-18H,6-11,19H2,1H3. The van der Waals surface area contributed by atoms with Crippen LogP contribution in [0.4, 0.5) is 0 Å². The predicted molar refractivity (Wildman–Crippen MR) is 82.6 cm³/mol. The fourth-order valence-corrected chi connectivity index (χ4v) is 4.99. The number of likely N-dealkylation sites (tertiary alicyclic amines) is 1. The molecule has 0 aromatic heterocycles. The van der Waals surface area contributed by atoms with Crippen molar-refractivity contribution in [2.75, 3.05) is 13.1 Å². The predicted octanol–water partition coefficient (Wildman–Crippen LogP) is 2.46. The zero-order valence-corrected chi connectivity index (χ0v) is 12.5. The Morgan fingerprint density at radius 2 is 1.60 bits per heavy atom. The van der Waals surface area contributed by atoms with Gasteiger partial charge in [0.05, 0.1) is 0 Å². The summed E-state index contributed by atoms with van der Waals surface area (Å²) in [5, 5.41) is 0. The van der Waals surface area contributed by atoms with E-state index in [0.29, 0.717) is 12.0 Å². The molecule has 108 valence electrons. The maximum Gasteiger partial charge on any atom is 0.0206 e. The molecule has 1 aromatic carbocycles. The minimum atomic E-state index is 0.389. The summed E-state index contributed by atoms with van der Waals surface area (Å²) in [5.74, 6) is 2.39. The Hall–Kier alpha value is -0.860. The summed E-state index contributed by atoms with van der Waals surface area (Å²) < 4.78 is 0. The third-order valence-corrected chi connectivity index (χ3v) is 6.08. The van der Waals surface area contributed by atoms with Crippen molar-refractivity contribution >= 4 is 0 Å². The molecule has 2 nitrogen and oxygen atoms in total. The lowest BCUT2D eigenvalue weighted by Gasteiger charge is -2.32. The molecular formula is C18H26N2.